The number of thiophene rings is 1. The van der Waals surface area contributed by atoms with Crippen LogP contribution in [0.1, 0.15) is 56.4 Å². The summed E-state index contributed by atoms with van der Waals surface area (Å²) in [6.07, 6.45) is 6.63. The fourth-order valence-electron chi connectivity index (χ4n) is 2.91. The fourth-order valence-corrected chi connectivity index (χ4v) is 5.00. The standard InChI is InChI=1S/C16H28N2O2S2/c1-2-3-13-22(19,20)17-14-15(16-9-8-12-21-16)18-10-6-4-5-7-11-18/h8-9,12,15,17H,2-7,10-11,13-14H2,1H3. The highest BCUT2D eigenvalue weighted by Gasteiger charge is 2.24. The molecule has 6 heteroatoms. The van der Waals surface area contributed by atoms with Crippen molar-refractivity contribution in [2.45, 2.75) is 51.5 Å². The molecule has 2 rings (SSSR count). The monoisotopic (exact) mass is 344 g/mol. The quantitative estimate of drug-likeness (QED) is 0.786. The van der Waals surface area contributed by atoms with Crippen molar-refractivity contribution in [3.05, 3.63) is 22.4 Å². The van der Waals surface area contributed by atoms with Crippen LogP contribution in [0.25, 0.3) is 0 Å². The second-order valence-corrected chi connectivity index (χ2v) is 8.91. The summed E-state index contributed by atoms with van der Waals surface area (Å²) in [4.78, 5) is 3.72. The average molecular weight is 345 g/mol. The van der Waals surface area contributed by atoms with Crippen molar-refractivity contribution in [2.75, 3.05) is 25.4 Å². The van der Waals surface area contributed by atoms with Gasteiger partial charge < -0.3 is 0 Å². The summed E-state index contributed by atoms with van der Waals surface area (Å²) in [5.74, 6) is 0.237. The molecule has 0 saturated carbocycles. The van der Waals surface area contributed by atoms with Crippen LogP contribution in [0.4, 0.5) is 0 Å². The molecule has 0 spiro atoms. The predicted octanol–water partition coefficient (Wildman–Crippen LogP) is 3.38. The van der Waals surface area contributed by atoms with E-state index in [-0.39, 0.29) is 11.8 Å². The topological polar surface area (TPSA) is 49.4 Å². The smallest absolute Gasteiger partial charge is 0.211 e. The summed E-state index contributed by atoms with van der Waals surface area (Å²) in [5, 5.41) is 2.08. The third-order valence-electron chi connectivity index (χ3n) is 4.22. The fraction of sp³-hybridized carbons (Fsp3) is 0.750. The number of rotatable bonds is 8. The number of hydrogen-bond acceptors (Lipinski definition) is 4. The van der Waals surface area contributed by atoms with Crippen LogP contribution in [0.5, 0.6) is 0 Å². The molecule has 0 amide bonds. The van der Waals surface area contributed by atoms with Crippen molar-refractivity contribution < 1.29 is 8.42 Å². The molecule has 1 aliphatic rings. The maximum absolute atomic E-state index is 12.1. The van der Waals surface area contributed by atoms with E-state index >= 15 is 0 Å². The van der Waals surface area contributed by atoms with Crippen molar-refractivity contribution in [1.29, 1.82) is 0 Å². The first kappa shape index (κ1) is 17.9. The van der Waals surface area contributed by atoms with Crippen LogP contribution in [0.15, 0.2) is 17.5 Å². The number of unbranched alkanes of at least 4 members (excludes halogenated alkanes) is 1. The van der Waals surface area contributed by atoms with Crippen LogP contribution in [0, 0.1) is 0 Å². The first-order valence-corrected chi connectivity index (χ1v) is 10.9. The molecule has 0 bridgehead atoms. The lowest BCUT2D eigenvalue weighted by Gasteiger charge is -2.30. The van der Waals surface area contributed by atoms with Crippen LogP contribution >= 0.6 is 11.3 Å². The van der Waals surface area contributed by atoms with E-state index < -0.39 is 10.0 Å². The van der Waals surface area contributed by atoms with Crippen molar-refractivity contribution in [3.63, 3.8) is 0 Å². The summed E-state index contributed by atoms with van der Waals surface area (Å²) in [6.45, 7) is 4.65. The number of sulfonamides is 1. The Morgan fingerprint density at radius 3 is 2.59 bits per heavy atom. The van der Waals surface area contributed by atoms with Gasteiger partial charge in [0.25, 0.3) is 0 Å². The first-order valence-electron chi connectivity index (χ1n) is 8.37. The Labute approximate surface area is 139 Å². The first-order chi connectivity index (χ1) is 10.6. The number of nitrogens with zero attached hydrogens (tertiary/aromatic N) is 1. The summed E-state index contributed by atoms with van der Waals surface area (Å²) < 4.78 is 27.0. The third kappa shape index (κ3) is 5.65. The minimum atomic E-state index is -3.15. The van der Waals surface area contributed by atoms with E-state index in [1.165, 1.54) is 30.6 Å². The van der Waals surface area contributed by atoms with E-state index in [2.05, 4.69) is 27.1 Å². The van der Waals surface area contributed by atoms with Crippen molar-refractivity contribution in [1.82, 2.24) is 9.62 Å². The Morgan fingerprint density at radius 1 is 1.27 bits per heavy atom. The lowest BCUT2D eigenvalue weighted by molar-refractivity contribution is 0.209. The Kier molecular flexibility index (Phi) is 7.34. The van der Waals surface area contributed by atoms with Crippen LogP contribution in [-0.2, 0) is 10.0 Å². The van der Waals surface area contributed by atoms with Gasteiger partial charge in [0.15, 0.2) is 0 Å². The zero-order valence-electron chi connectivity index (χ0n) is 13.5. The van der Waals surface area contributed by atoms with Gasteiger partial charge in [-0.15, -0.1) is 11.3 Å². The molecule has 1 aromatic heterocycles. The largest absolute Gasteiger partial charge is 0.294 e. The van der Waals surface area contributed by atoms with Gasteiger partial charge in [0.2, 0.25) is 10.0 Å². The van der Waals surface area contributed by atoms with E-state index in [1.807, 2.05) is 6.92 Å². The van der Waals surface area contributed by atoms with Gasteiger partial charge >= 0.3 is 0 Å². The summed E-state index contributed by atoms with van der Waals surface area (Å²) in [7, 11) is -3.15. The molecule has 1 fully saturated rings. The normalized spacial score (nSPS) is 19.0. The van der Waals surface area contributed by atoms with Gasteiger partial charge in [-0.05, 0) is 43.8 Å². The van der Waals surface area contributed by atoms with Crippen LogP contribution in [0.3, 0.4) is 0 Å². The molecule has 1 N–H and O–H groups in total. The average Bonchev–Trinajstić information content (AvgIpc) is 2.89. The minimum absolute atomic E-state index is 0.175. The van der Waals surface area contributed by atoms with Gasteiger partial charge in [-0.25, -0.2) is 13.1 Å². The summed E-state index contributed by atoms with van der Waals surface area (Å²) >= 11 is 1.72. The molecule has 1 aromatic rings. The highest BCUT2D eigenvalue weighted by atomic mass is 32.2. The van der Waals surface area contributed by atoms with Gasteiger partial charge in [0.1, 0.15) is 0 Å². The lowest BCUT2D eigenvalue weighted by Crippen LogP contribution is -2.39. The van der Waals surface area contributed by atoms with Gasteiger partial charge in [0, 0.05) is 11.4 Å². The Morgan fingerprint density at radius 2 is 2.00 bits per heavy atom. The SMILES string of the molecule is CCCCS(=O)(=O)NCC(c1cccs1)N1CCCCCC1. The number of hydrogen-bond donors (Lipinski definition) is 1. The molecule has 126 valence electrons. The second-order valence-electron chi connectivity index (χ2n) is 6.00. The molecule has 0 aliphatic carbocycles. The van der Waals surface area contributed by atoms with Crippen LogP contribution < -0.4 is 4.72 Å². The van der Waals surface area contributed by atoms with Crippen molar-refractivity contribution in [3.8, 4) is 0 Å². The Hall–Kier alpha value is -0.430. The predicted molar refractivity (Wildman–Crippen MR) is 93.8 cm³/mol. The van der Waals surface area contributed by atoms with E-state index in [0.717, 1.165) is 25.9 Å². The van der Waals surface area contributed by atoms with Gasteiger partial charge in [0.05, 0.1) is 11.8 Å². The molecule has 4 nitrogen and oxygen atoms in total. The maximum atomic E-state index is 12.1. The number of likely N-dealkylation sites (tertiary alicyclic amines) is 1. The maximum Gasteiger partial charge on any atom is 0.211 e. The summed E-state index contributed by atoms with van der Waals surface area (Å²) in [5.41, 5.74) is 0. The van der Waals surface area contributed by atoms with Crippen LogP contribution in [0.2, 0.25) is 0 Å². The molecule has 1 atom stereocenters. The molecule has 1 unspecified atom stereocenters. The summed E-state index contributed by atoms with van der Waals surface area (Å²) in [6, 6.07) is 4.35. The second kappa shape index (κ2) is 9.01. The van der Waals surface area contributed by atoms with E-state index in [0.29, 0.717) is 6.54 Å². The Bertz CT molecular complexity index is 506. The van der Waals surface area contributed by atoms with Crippen molar-refractivity contribution in [2.24, 2.45) is 0 Å². The van der Waals surface area contributed by atoms with Gasteiger partial charge in [-0.3, -0.25) is 4.90 Å². The third-order valence-corrected chi connectivity index (χ3v) is 6.62. The van der Waals surface area contributed by atoms with Crippen LogP contribution in [-0.4, -0.2) is 38.7 Å². The highest BCUT2D eigenvalue weighted by molar-refractivity contribution is 7.89. The molecule has 0 aromatic carbocycles. The minimum Gasteiger partial charge on any atom is -0.294 e. The lowest BCUT2D eigenvalue weighted by atomic mass is 10.2. The van der Waals surface area contributed by atoms with Gasteiger partial charge in [-0.1, -0.05) is 32.3 Å². The molecule has 1 aliphatic heterocycles. The molecule has 2 heterocycles. The molecule has 22 heavy (non-hydrogen) atoms. The molecule has 0 radical (unpaired) electrons. The van der Waals surface area contributed by atoms with E-state index in [1.54, 1.807) is 11.3 Å². The molecular formula is C16H28N2O2S2. The zero-order chi connectivity index (χ0) is 15.8. The molecular weight excluding hydrogens is 316 g/mol. The number of nitrogens with one attached hydrogen (secondary N) is 1. The Balaban J connectivity index is 2.02. The van der Waals surface area contributed by atoms with E-state index in [9.17, 15) is 8.42 Å². The van der Waals surface area contributed by atoms with E-state index in [4.69, 9.17) is 0 Å². The van der Waals surface area contributed by atoms with Crippen molar-refractivity contribution >= 4 is 21.4 Å². The highest BCUT2D eigenvalue weighted by Crippen LogP contribution is 2.27. The van der Waals surface area contributed by atoms with Gasteiger partial charge in [-0.2, -0.15) is 0 Å². The molecule has 1 saturated heterocycles. The zero-order valence-corrected chi connectivity index (χ0v) is 15.1.